The zero-order valence-corrected chi connectivity index (χ0v) is 6.57. The number of allylic oxidation sites excluding steroid dienone is 4. The van der Waals surface area contributed by atoms with Crippen LogP contribution in [-0.4, -0.2) is 22.7 Å². The summed E-state index contributed by atoms with van der Waals surface area (Å²) < 4.78 is 63.1. The van der Waals surface area contributed by atoms with Crippen molar-refractivity contribution in [3.8, 4) is 0 Å². The van der Waals surface area contributed by atoms with Gasteiger partial charge in [-0.2, -0.15) is 0 Å². The van der Waals surface area contributed by atoms with Crippen molar-refractivity contribution < 1.29 is 32.0 Å². The Morgan fingerprint density at radius 2 is 1.57 bits per heavy atom. The van der Waals surface area contributed by atoms with Gasteiger partial charge in [0.1, 0.15) is 5.83 Å². The van der Waals surface area contributed by atoms with Crippen LogP contribution in [0.25, 0.3) is 0 Å². The van der Waals surface area contributed by atoms with Crippen LogP contribution in [0.15, 0.2) is 23.3 Å². The van der Waals surface area contributed by atoms with E-state index in [0.717, 1.165) is 0 Å². The van der Waals surface area contributed by atoms with Gasteiger partial charge in [0.15, 0.2) is 17.5 Å². The minimum atomic E-state index is -3.66. The van der Waals surface area contributed by atoms with Crippen LogP contribution in [0.5, 0.6) is 0 Å². The van der Waals surface area contributed by atoms with Gasteiger partial charge in [-0.1, -0.05) is 0 Å². The van der Waals surface area contributed by atoms with Gasteiger partial charge in [0.05, 0.1) is 0 Å². The summed E-state index contributed by atoms with van der Waals surface area (Å²) in [6, 6.07) is 0. The van der Waals surface area contributed by atoms with Gasteiger partial charge in [0.25, 0.3) is 0 Å². The summed E-state index contributed by atoms with van der Waals surface area (Å²) in [6.45, 7) is 0. The Hall–Kier alpha value is -0.885. The Morgan fingerprint density at radius 3 is 2.00 bits per heavy atom. The van der Waals surface area contributed by atoms with Gasteiger partial charge in [-0.25, -0.2) is 22.0 Å². The van der Waals surface area contributed by atoms with Gasteiger partial charge in [0, 0.05) is 6.42 Å². The van der Waals surface area contributed by atoms with Crippen molar-refractivity contribution in [3.05, 3.63) is 23.3 Å². The van der Waals surface area contributed by atoms with Crippen LogP contribution in [-0.2, 0) is 0 Å². The fraction of sp³-hybridized carbons (Fsp3) is 0.333. The lowest BCUT2D eigenvalue weighted by atomic mass is 9.65. The molecule has 1 aliphatic rings. The lowest BCUT2D eigenvalue weighted by Crippen LogP contribution is -2.45. The van der Waals surface area contributed by atoms with Crippen LogP contribution in [0.2, 0.25) is 0 Å². The second-order valence-corrected chi connectivity index (χ2v) is 2.76. The highest BCUT2D eigenvalue weighted by atomic mass is 19.2. The number of hydrogen-bond donors (Lipinski definition) is 2. The summed E-state index contributed by atoms with van der Waals surface area (Å²) in [7, 11) is -2.97. The fourth-order valence-electron chi connectivity index (χ4n) is 0.984. The van der Waals surface area contributed by atoms with Gasteiger partial charge in [-0.15, -0.1) is 0 Å². The van der Waals surface area contributed by atoms with E-state index >= 15 is 0 Å². The third-order valence-electron chi connectivity index (χ3n) is 1.81. The molecule has 1 unspecified atom stereocenters. The van der Waals surface area contributed by atoms with Crippen LogP contribution in [0.3, 0.4) is 0 Å². The van der Waals surface area contributed by atoms with Crippen LogP contribution in [0.4, 0.5) is 22.0 Å². The summed E-state index contributed by atoms with van der Waals surface area (Å²) in [6.07, 6.45) is -1.59. The molecule has 2 nitrogen and oxygen atoms in total. The number of alkyl halides is 1. The van der Waals surface area contributed by atoms with E-state index in [4.69, 9.17) is 10.0 Å². The standard InChI is InChI=1S/C6H4BF5O2/c8-2-1-6(12,7(13)14)5(11)4(10)3(2)9/h13-14H,1H2. The molecule has 0 heterocycles. The molecule has 8 heteroatoms. The molecule has 0 aromatic carbocycles. The van der Waals surface area contributed by atoms with Gasteiger partial charge < -0.3 is 10.0 Å². The third kappa shape index (κ3) is 1.44. The first-order valence-corrected chi connectivity index (χ1v) is 3.46. The highest BCUT2D eigenvalue weighted by Gasteiger charge is 2.53. The monoisotopic (exact) mass is 214 g/mol. The van der Waals surface area contributed by atoms with Crippen LogP contribution in [0.1, 0.15) is 6.42 Å². The number of rotatable bonds is 1. The molecule has 0 aliphatic heterocycles. The maximum atomic E-state index is 13.1. The molecule has 0 aromatic heterocycles. The molecule has 1 rings (SSSR count). The highest BCUT2D eigenvalue weighted by molar-refractivity contribution is 6.46. The first-order valence-electron chi connectivity index (χ1n) is 3.46. The number of halogens is 5. The zero-order valence-electron chi connectivity index (χ0n) is 6.57. The Bertz CT molecular complexity index is 326. The largest absolute Gasteiger partial charge is 0.499 e. The quantitative estimate of drug-likeness (QED) is 0.511. The van der Waals surface area contributed by atoms with Crippen molar-refractivity contribution in [2.45, 2.75) is 12.0 Å². The summed E-state index contributed by atoms with van der Waals surface area (Å²) >= 11 is 0. The second-order valence-electron chi connectivity index (χ2n) is 2.76. The molecular formula is C6H4BF5O2. The predicted molar refractivity (Wildman–Crippen MR) is 37.1 cm³/mol. The molecule has 1 aliphatic carbocycles. The van der Waals surface area contributed by atoms with Gasteiger partial charge in [-0.05, 0) is 0 Å². The smallest absolute Gasteiger partial charge is 0.425 e. The third-order valence-corrected chi connectivity index (χ3v) is 1.81. The highest BCUT2D eigenvalue weighted by Crippen LogP contribution is 2.42. The molecule has 14 heavy (non-hydrogen) atoms. The molecule has 0 fully saturated rings. The van der Waals surface area contributed by atoms with Crippen molar-refractivity contribution in [3.63, 3.8) is 0 Å². The van der Waals surface area contributed by atoms with E-state index in [2.05, 4.69) is 0 Å². The molecular weight excluding hydrogens is 210 g/mol. The van der Waals surface area contributed by atoms with Crippen molar-refractivity contribution in [2.24, 2.45) is 0 Å². The van der Waals surface area contributed by atoms with Crippen molar-refractivity contribution in [1.29, 1.82) is 0 Å². The summed E-state index contributed by atoms with van der Waals surface area (Å²) in [4.78, 5) is 0. The molecule has 0 bridgehead atoms. The van der Waals surface area contributed by atoms with Gasteiger partial charge in [0.2, 0.25) is 5.57 Å². The van der Waals surface area contributed by atoms with E-state index in [1.165, 1.54) is 0 Å². The number of hydrogen-bond acceptors (Lipinski definition) is 2. The summed E-state index contributed by atoms with van der Waals surface area (Å²) in [5.41, 5.74) is -3.66. The summed E-state index contributed by atoms with van der Waals surface area (Å²) in [5, 5.41) is 16.7. The molecule has 78 valence electrons. The van der Waals surface area contributed by atoms with E-state index in [0.29, 0.717) is 0 Å². The Balaban J connectivity index is 3.23. The van der Waals surface area contributed by atoms with E-state index in [-0.39, 0.29) is 0 Å². The topological polar surface area (TPSA) is 40.5 Å². The lowest BCUT2D eigenvalue weighted by Gasteiger charge is -2.24. The lowest BCUT2D eigenvalue weighted by molar-refractivity contribution is 0.175. The molecule has 2 N–H and O–H groups in total. The van der Waals surface area contributed by atoms with Gasteiger partial charge in [-0.3, -0.25) is 0 Å². The minimum absolute atomic E-state index is 1.59. The first-order chi connectivity index (χ1) is 6.30. The van der Waals surface area contributed by atoms with E-state index in [1.54, 1.807) is 0 Å². The molecule has 0 aromatic rings. The zero-order chi connectivity index (χ0) is 11.1. The normalized spacial score (nSPS) is 28.5. The average Bonchev–Trinajstić information content (AvgIpc) is 2.11. The predicted octanol–water partition coefficient (Wildman–Crippen LogP) is 1.41. The minimum Gasteiger partial charge on any atom is -0.425 e. The van der Waals surface area contributed by atoms with E-state index in [1.807, 2.05) is 0 Å². The van der Waals surface area contributed by atoms with Gasteiger partial charge >= 0.3 is 7.12 Å². The van der Waals surface area contributed by atoms with Crippen molar-refractivity contribution in [2.75, 3.05) is 0 Å². The molecule has 0 radical (unpaired) electrons. The second kappa shape index (κ2) is 3.36. The molecule has 1 atom stereocenters. The summed E-state index contributed by atoms with van der Waals surface area (Å²) in [5.74, 6) is -8.80. The molecule has 0 saturated heterocycles. The van der Waals surface area contributed by atoms with Crippen molar-refractivity contribution in [1.82, 2.24) is 0 Å². The van der Waals surface area contributed by atoms with Crippen LogP contribution in [0, 0.1) is 0 Å². The molecule has 0 spiro atoms. The van der Waals surface area contributed by atoms with E-state index in [9.17, 15) is 22.0 Å². The first kappa shape index (κ1) is 11.2. The van der Waals surface area contributed by atoms with Crippen LogP contribution < -0.4 is 0 Å². The maximum absolute atomic E-state index is 13.1. The molecule has 0 saturated carbocycles. The fourth-order valence-corrected chi connectivity index (χ4v) is 0.984. The maximum Gasteiger partial charge on any atom is 0.499 e. The van der Waals surface area contributed by atoms with Crippen LogP contribution >= 0.6 is 0 Å². The SMILES string of the molecule is OB(O)C1(F)CC(F)=C(F)C(F)=C1F. The Morgan fingerprint density at radius 1 is 1.07 bits per heavy atom. The van der Waals surface area contributed by atoms with Crippen molar-refractivity contribution >= 4 is 7.12 Å². The van der Waals surface area contributed by atoms with E-state index < -0.39 is 42.4 Å². The molecule has 0 amide bonds. The average molecular weight is 214 g/mol. The Labute approximate surface area is 75.5 Å². The Kier molecular flexibility index (Phi) is 2.68.